The Kier molecular flexibility index (Phi) is 7.96. The fourth-order valence-corrected chi connectivity index (χ4v) is 5.40. The van der Waals surface area contributed by atoms with E-state index in [2.05, 4.69) is 5.32 Å². The summed E-state index contributed by atoms with van der Waals surface area (Å²) in [5.41, 5.74) is 2.87. The molecule has 226 valence electrons. The Morgan fingerprint density at radius 1 is 0.932 bits per heavy atom. The number of aromatic nitrogens is 1. The number of nitrogens with one attached hydrogen (secondary N) is 1. The highest BCUT2D eigenvalue weighted by atomic mass is 19.4. The van der Waals surface area contributed by atoms with Gasteiger partial charge in [-0.25, -0.2) is 13.6 Å². The predicted octanol–water partition coefficient (Wildman–Crippen LogP) is 5.54. The molecule has 0 spiro atoms. The number of alkyl halides is 3. The van der Waals surface area contributed by atoms with Gasteiger partial charge in [0.15, 0.2) is 0 Å². The van der Waals surface area contributed by atoms with E-state index in [0.717, 1.165) is 22.8 Å². The number of carboxylic acid groups (broad SMARTS) is 1. The number of carbonyl (C=O) groups excluding carboxylic acids is 1. The maximum atomic E-state index is 14.7. The molecule has 0 saturated heterocycles. The zero-order chi connectivity index (χ0) is 31.9. The van der Waals surface area contributed by atoms with Crippen molar-refractivity contribution in [3.05, 3.63) is 117 Å². The molecule has 4 aromatic carbocycles. The van der Waals surface area contributed by atoms with Crippen LogP contribution in [0.5, 0.6) is 0 Å². The first-order valence-corrected chi connectivity index (χ1v) is 13.2. The number of nitrogens with zero attached hydrogens (tertiary/aromatic N) is 1. The van der Waals surface area contributed by atoms with E-state index < -0.39 is 58.0 Å². The molecule has 4 N–H and O–H groups in total. The lowest BCUT2D eigenvalue weighted by Gasteiger charge is -2.20. The molecule has 12 heteroatoms. The quantitative estimate of drug-likeness (QED) is 0.210. The summed E-state index contributed by atoms with van der Waals surface area (Å²) in [4.78, 5) is 38.3. The minimum atomic E-state index is -4.94. The molecule has 0 fully saturated rings. The molecule has 1 heterocycles. The van der Waals surface area contributed by atoms with Gasteiger partial charge in [0, 0.05) is 25.4 Å². The van der Waals surface area contributed by atoms with Gasteiger partial charge in [0.05, 0.1) is 16.6 Å². The third kappa shape index (κ3) is 5.39. The van der Waals surface area contributed by atoms with Crippen LogP contribution in [0.1, 0.15) is 27.0 Å². The number of halogens is 5. The van der Waals surface area contributed by atoms with Crippen LogP contribution in [-0.2, 0) is 31.0 Å². The number of hydrogen-bond donors (Lipinski definition) is 3. The van der Waals surface area contributed by atoms with E-state index >= 15 is 0 Å². The molecule has 0 radical (unpaired) electrons. The summed E-state index contributed by atoms with van der Waals surface area (Å²) in [6.45, 7) is -0.0200. The highest BCUT2D eigenvalue weighted by Crippen LogP contribution is 2.42. The number of pyridine rings is 1. The van der Waals surface area contributed by atoms with Gasteiger partial charge in [0.2, 0.25) is 0 Å². The van der Waals surface area contributed by atoms with Crippen LogP contribution in [0.25, 0.3) is 32.8 Å². The van der Waals surface area contributed by atoms with E-state index in [9.17, 15) is 41.4 Å². The molecule has 1 amide bonds. The van der Waals surface area contributed by atoms with Gasteiger partial charge < -0.3 is 20.7 Å². The summed E-state index contributed by atoms with van der Waals surface area (Å²) in [5, 5.41) is 12.3. The van der Waals surface area contributed by atoms with Crippen molar-refractivity contribution in [1.82, 2.24) is 9.88 Å². The van der Waals surface area contributed by atoms with Crippen molar-refractivity contribution in [3.8, 4) is 11.1 Å². The molecule has 5 rings (SSSR count). The fourth-order valence-electron chi connectivity index (χ4n) is 5.40. The number of carbonyl (C=O) groups is 2. The Bertz CT molecular complexity index is 2000. The molecule has 1 atom stereocenters. The molecule has 44 heavy (non-hydrogen) atoms. The summed E-state index contributed by atoms with van der Waals surface area (Å²) in [7, 11) is 1.37. The number of nitrogens with two attached hydrogens (primary N) is 1. The SMILES string of the molecule is Cn1c(=O)c(-c2cccc3c(C[C@H](NC(=O)c4c(F)cccc4F)C(=O)O)cccc23)c(C(F)(F)F)c2cc(CN)ccc21. The average Bonchev–Trinajstić information content (AvgIpc) is 2.97. The highest BCUT2D eigenvalue weighted by Gasteiger charge is 2.38. The molecule has 7 nitrogen and oxygen atoms in total. The van der Waals surface area contributed by atoms with E-state index in [1.165, 1.54) is 55.6 Å². The van der Waals surface area contributed by atoms with Crippen molar-refractivity contribution < 1.29 is 36.6 Å². The van der Waals surface area contributed by atoms with E-state index in [4.69, 9.17) is 5.73 Å². The number of rotatable bonds is 7. The third-order valence-electron chi connectivity index (χ3n) is 7.48. The summed E-state index contributed by atoms with van der Waals surface area (Å²) >= 11 is 0. The molecule has 0 saturated carbocycles. The van der Waals surface area contributed by atoms with Crippen LogP contribution < -0.4 is 16.6 Å². The van der Waals surface area contributed by atoms with Crippen LogP contribution in [0.3, 0.4) is 0 Å². The summed E-state index contributed by atoms with van der Waals surface area (Å²) < 4.78 is 73.6. The van der Waals surface area contributed by atoms with Crippen molar-refractivity contribution in [1.29, 1.82) is 0 Å². The molecule has 0 aliphatic carbocycles. The van der Waals surface area contributed by atoms with Gasteiger partial charge in [-0.1, -0.05) is 48.5 Å². The average molecular weight is 610 g/mol. The van der Waals surface area contributed by atoms with E-state index in [0.29, 0.717) is 16.5 Å². The maximum absolute atomic E-state index is 14.7. The molecule has 1 aromatic heterocycles. The predicted molar refractivity (Wildman–Crippen MR) is 154 cm³/mol. The Morgan fingerprint density at radius 2 is 1.57 bits per heavy atom. The van der Waals surface area contributed by atoms with Crippen molar-refractivity contribution >= 4 is 33.6 Å². The second kappa shape index (κ2) is 11.5. The van der Waals surface area contributed by atoms with Gasteiger partial charge >= 0.3 is 12.1 Å². The Labute approximate surface area is 246 Å². The first kappa shape index (κ1) is 30.4. The van der Waals surface area contributed by atoms with Crippen molar-refractivity contribution in [2.45, 2.75) is 25.2 Å². The zero-order valence-corrected chi connectivity index (χ0v) is 23.0. The number of amides is 1. The normalized spacial score (nSPS) is 12.4. The van der Waals surface area contributed by atoms with Crippen molar-refractivity contribution in [3.63, 3.8) is 0 Å². The molecular formula is C32H24F5N3O4. The summed E-state index contributed by atoms with van der Waals surface area (Å²) in [6.07, 6.45) is -5.33. The molecule has 0 unspecified atom stereocenters. The number of carboxylic acids is 1. The summed E-state index contributed by atoms with van der Waals surface area (Å²) in [6, 6.07) is 14.2. The zero-order valence-electron chi connectivity index (χ0n) is 23.0. The molecule has 5 aromatic rings. The molecule has 0 aliphatic rings. The molecular weight excluding hydrogens is 585 g/mol. The number of hydrogen-bond acceptors (Lipinski definition) is 4. The van der Waals surface area contributed by atoms with Crippen LogP contribution in [0.4, 0.5) is 22.0 Å². The topological polar surface area (TPSA) is 114 Å². The van der Waals surface area contributed by atoms with E-state index in [-0.39, 0.29) is 34.8 Å². The van der Waals surface area contributed by atoms with Crippen LogP contribution >= 0.6 is 0 Å². The standard InChI is InChI=1S/C32H24F5N3O4/c1-40-25-12-11-16(15-38)13-21(25)28(32(35,36)37)26(30(40)42)20-8-3-6-18-17(5-2-7-19(18)20)14-24(31(43)44)39-29(41)27-22(33)9-4-10-23(27)34/h2-13,24H,14-15,38H2,1H3,(H,39,41)(H,43,44)/t24-/m0/s1. The molecule has 0 bridgehead atoms. The smallest absolute Gasteiger partial charge is 0.417 e. The van der Waals surface area contributed by atoms with E-state index in [1.54, 1.807) is 6.07 Å². The lowest BCUT2D eigenvalue weighted by molar-refractivity contribution is -0.139. The second-order valence-electron chi connectivity index (χ2n) is 10.2. The van der Waals surface area contributed by atoms with Gasteiger partial charge in [-0.3, -0.25) is 9.59 Å². The van der Waals surface area contributed by atoms with Crippen molar-refractivity contribution in [2.75, 3.05) is 0 Å². The Balaban J connectivity index is 1.67. The minimum Gasteiger partial charge on any atom is -0.480 e. The molecule has 0 aliphatic heterocycles. The van der Waals surface area contributed by atoms with Crippen LogP contribution in [0.2, 0.25) is 0 Å². The Morgan fingerprint density at radius 3 is 2.20 bits per heavy atom. The monoisotopic (exact) mass is 609 g/mol. The highest BCUT2D eigenvalue weighted by molar-refractivity contribution is 6.02. The lowest BCUT2D eigenvalue weighted by atomic mass is 9.90. The lowest BCUT2D eigenvalue weighted by Crippen LogP contribution is -2.43. The largest absolute Gasteiger partial charge is 0.480 e. The number of benzene rings is 4. The summed E-state index contributed by atoms with van der Waals surface area (Å²) in [5.74, 6) is -5.17. The van der Waals surface area contributed by atoms with Crippen LogP contribution in [-0.4, -0.2) is 27.6 Å². The number of aryl methyl sites for hydroxylation is 1. The van der Waals surface area contributed by atoms with Crippen molar-refractivity contribution in [2.24, 2.45) is 12.8 Å². The maximum Gasteiger partial charge on any atom is 0.417 e. The van der Waals surface area contributed by atoms with E-state index in [1.807, 2.05) is 0 Å². The van der Waals surface area contributed by atoms with Gasteiger partial charge in [-0.2, -0.15) is 13.2 Å². The second-order valence-corrected chi connectivity index (χ2v) is 10.2. The first-order valence-electron chi connectivity index (χ1n) is 13.2. The minimum absolute atomic E-state index is 0.0200. The number of fused-ring (bicyclic) bond motifs is 2. The fraction of sp³-hybridized carbons (Fsp3) is 0.156. The van der Waals surface area contributed by atoms with Crippen LogP contribution in [0.15, 0.2) is 77.6 Å². The number of aliphatic carboxylic acids is 1. The third-order valence-corrected chi connectivity index (χ3v) is 7.48. The van der Waals surface area contributed by atoms with Crippen LogP contribution in [0, 0.1) is 11.6 Å². The van der Waals surface area contributed by atoms with Gasteiger partial charge in [0.25, 0.3) is 11.5 Å². The Hall–Kier alpha value is -5.10. The van der Waals surface area contributed by atoms with Gasteiger partial charge in [-0.05, 0) is 51.7 Å². The van der Waals surface area contributed by atoms with Gasteiger partial charge in [0.1, 0.15) is 23.2 Å². The first-order chi connectivity index (χ1) is 20.8. The van der Waals surface area contributed by atoms with Gasteiger partial charge in [-0.15, -0.1) is 0 Å².